The SMILES string of the molecule is CC(C)CCNC(=O)c1nnco1. The number of carbonyl (C=O) groups excluding carboxylic acids is 1. The molecule has 72 valence electrons. The summed E-state index contributed by atoms with van der Waals surface area (Å²) in [6, 6.07) is 0. The van der Waals surface area contributed by atoms with Crippen LogP contribution in [0.15, 0.2) is 10.8 Å². The fourth-order valence-corrected chi connectivity index (χ4v) is 0.822. The van der Waals surface area contributed by atoms with Crippen molar-refractivity contribution in [3.8, 4) is 0 Å². The van der Waals surface area contributed by atoms with E-state index in [1.54, 1.807) is 0 Å². The van der Waals surface area contributed by atoms with E-state index in [0.717, 1.165) is 12.8 Å². The van der Waals surface area contributed by atoms with Crippen molar-refractivity contribution in [2.75, 3.05) is 6.54 Å². The predicted molar refractivity (Wildman–Crippen MR) is 46.1 cm³/mol. The highest BCUT2D eigenvalue weighted by Gasteiger charge is 2.09. The van der Waals surface area contributed by atoms with Crippen LogP contribution in [-0.2, 0) is 0 Å². The van der Waals surface area contributed by atoms with Gasteiger partial charge in [0.15, 0.2) is 0 Å². The summed E-state index contributed by atoms with van der Waals surface area (Å²) in [5, 5.41) is 9.58. The van der Waals surface area contributed by atoms with Crippen LogP contribution in [0.3, 0.4) is 0 Å². The van der Waals surface area contributed by atoms with Gasteiger partial charge < -0.3 is 9.73 Å². The van der Waals surface area contributed by atoms with Crippen LogP contribution < -0.4 is 5.32 Å². The Labute approximate surface area is 76.5 Å². The summed E-state index contributed by atoms with van der Waals surface area (Å²) in [6.45, 7) is 4.83. The lowest BCUT2D eigenvalue weighted by Crippen LogP contribution is -2.25. The van der Waals surface area contributed by atoms with Gasteiger partial charge in [0.05, 0.1) is 0 Å². The number of hydrogen-bond acceptors (Lipinski definition) is 4. The highest BCUT2D eigenvalue weighted by Crippen LogP contribution is 1.97. The summed E-state index contributed by atoms with van der Waals surface area (Å²) < 4.78 is 4.72. The Balaban J connectivity index is 2.27. The van der Waals surface area contributed by atoms with E-state index in [2.05, 4.69) is 29.4 Å². The number of nitrogens with zero attached hydrogens (tertiary/aromatic N) is 2. The number of amides is 1. The van der Waals surface area contributed by atoms with Gasteiger partial charge in [0.2, 0.25) is 6.39 Å². The maximum absolute atomic E-state index is 11.2. The average molecular weight is 183 g/mol. The molecule has 1 rings (SSSR count). The second-order valence-corrected chi connectivity index (χ2v) is 3.18. The van der Waals surface area contributed by atoms with Crippen molar-refractivity contribution in [1.82, 2.24) is 15.5 Å². The van der Waals surface area contributed by atoms with Gasteiger partial charge in [0, 0.05) is 6.54 Å². The molecule has 0 aromatic carbocycles. The topological polar surface area (TPSA) is 68.0 Å². The zero-order valence-corrected chi connectivity index (χ0v) is 7.78. The zero-order valence-electron chi connectivity index (χ0n) is 7.78. The first-order valence-electron chi connectivity index (χ1n) is 4.24. The van der Waals surface area contributed by atoms with E-state index in [0.29, 0.717) is 12.5 Å². The summed E-state index contributed by atoms with van der Waals surface area (Å²) in [6.07, 6.45) is 2.08. The molecule has 0 aliphatic heterocycles. The normalized spacial score (nSPS) is 10.4. The molecule has 1 amide bonds. The van der Waals surface area contributed by atoms with Crippen molar-refractivity contribution in [3.63, 3.8) is 0 Å². The van der Waals surface area contributed by atoms with Crippen LogP contribution in [0.2, 0.25) is 0 Å². The van der Waals surface area contributed by atoms with Crippen molar-refractivity contribution in [3.05, 3.63) is 12.3 Å². The molecule has 0 fully saturated rings. The molecule has 1 heterocycles. The molecule has 0 atom stereocenters. The Hall–Kier alpha value is -1.39. The number of carbonyl (C=O) groups is 1. The van der Waals surface area contributed by atoms with Gasteiger partial charge in [-0.15, -0.1) is 10.2 Å². The number of nitrogens with one attached hydrogen (secondary N) is 1. The van der Waals surface area contributed by atoms with Gasteiger partial charge in [-0.3, -0.25) is 4.79 Å². The molecule has 0 saturated carbocycles. The third-order valence-corrected chi connectivity index (χ3v) is 1.56. The molecule has 5 heteroatoms. The van der Waals surface area contributed by atoms with E-state index in [9.17, 15) is 4.79 Å². The third-order valence-electron chi connectivity index (χ3n) is 1.56. The van der Waals surface area contributed by atoms with Crippen LogP contribution in [0.4, 0.5) is 0 Å². The van der Waals surface area contributed by atoms with Crippen molar-refractivity contribution in [2.24, 2.45) is 5.92 Å². The van der Waals surface area contributed by atoms with Gasteiger partial charge in [-0.25, -0.2) is 0 Å². The van der Waals surface area contributed by atoms with Gasteiger partial charge in [0.25, 0.3) is 0 Å². The van der Waals surface area contributed by atoms with Crippen molar-refractivity contribution in [2.45, 2.75) is 20.3 Å². The van der Waals surface area contributed by atoms with Gasteiger partial charge in [0.1, 0.15) is 0 Å². The smallest absolute Gasteiger partial charge is 0.308 e. The number of aromatic nitrogens is 2. The van der Waals surface area contributed by atoms with Crippen LogP contribution in [0.1, 0.15) is 31.0 Å². The zero-order chi connectivity index (χ0) is 9.68. The second kappa shape index (κ2) is 4.59. The lowest BCUT2D eigenvalue weighted by molar-refractivity contribution is 0.0917. The van der Waals surface area contributed by atoms with Crippen molar-refractivity contribution >= 4 is 5.91 Å². The van der Waals surface area contributed by atoms with Crippen molar-refractivity contribution in [1.29, 1.82) is 0 Å². The van der Waals surface area contributed by atoms with Crippen LogP contribution in [-0.4, -0.2) is 22.6 Å². The molecule has 13 heavy (non-hydrogen) atoms. The molecule has 5 nitrogen and oxygen atoms in total. The van der Waals surface area contributed by atoms with E-state index in [4.69, 9.17) is 4.42 Å². The maximum atomic E-state index is 11.2. The lowest BCUT2D eigenvalue weighted by Gasteiger charge is -2.04. The van der Waals surface area contributed by atoms with E-state index in [1.165, 1.54) is 0 Å². The second-order valence-electron chi connectivity index (χ2n) is 3.18. The first kappa shape index (κ1) is 9.70. The molecule has 0 spiro atoms. The summed E-state index contributed by atoms with van der Waals surface area (Å²) in [4.78, 5) is 11.2. The van der Waals surface area contributed by atoms with E-state index in [-0.39, 0.29) is 11.8 Å². The lowest BCUT2D eigenvalue weighted by atomic mass is 10.1. The molecule has 1 aromatic rings. The number of rotatable bonds is 4. The Morgan fingerprint density at radius 2 is 2.46 bits per heavy atom. The summed E-state index contributed by atoms with van der Waals surface area (Å²) in [5.41, 5.74) is 0. The van der Waals surface area contributed by atoms with Gasteiger partial charge in [-0.2, -0.15) is 0 Å². The molecule has 1 N–H and O–H groups in total. The molecule has 0 radical (unpaired) electrons. The minimum absolute atomic E-state index is 0.0174. The Kier molecular flexibility index (Phi) is 3.42. The minimum Gasteiger partial charge on any atom is -0.420 e. The maximum Gasteiger partial charge on any atom is 0.308 e. The molecule has 0 aliphatic carbocycles. The monoisotopic (exact) mass is 183 g/mol. The first-order valence-corrected chi connectivity index (χ1v) is 4.24. The minimum atomic E-state index is -0.307. The standard InChI is InChI=1S/C8H13N3O2/c1-6(2)3-4-9-7(12)8-11-10-5-13-8/h5-6H,3-4H2,1-2H3,(H,9,12). The highest BCUT2D eigenvalue weighted by molar-refractivity contribution is 5.89. The van der Waals surface area contributed by atoms with E-state index >= 15 is 0 Å². The molecular formula is C8H13N3O2. The molecule has 0 aliphatic rings. The summed E-state index contributed by atoms with van der Waals surface area (Å²) in [5.74, 6) is 0.282. The third kappa shape index (κ3) is 3.23. The van der Waals surface area contributed by atoms with Crippen LogP contribution in [0.5, 0.6) is 0 Å². The van der Waals surface area contributed by atoms with Crippen molar-refractivity contribution < 1.29 is 9.21 Å². The largest absolute Gasteiger partial charge is 0.420 e. The molecule has 0 saturated heterocycles. The Morgan fingerprint density at radius 1 is 1.69 bits per heavy atom. The van der Waals surface area contributed by atoms with E-state index < -0.39 is 0 Å². The summed E-state index contributed by atoms with van der Waals surface area (Å²) in [7, 11) is 0. The fraction of sp³-hybridized carbons (Fsp3) is 0.625. The molecule has 1 aromatic heterocycles. The van der Waals surface area contributed by atoms with Crippen LogP contribution in [0, 0.1) is 5.92 Å². The fourth-order valence-electron chi connectivity index (χ4n) is 0.822. The molecule has 0 bridgehead atoms. The summed E-state index contributed by atoms with van der Waals surface area (Å²) >= 11 is 0. The highest BCUT2D eigenvalue weighted by atomic mass is 16.4. The molecular weight excluding hydrogens is 170 g/mol. The van der Waals surface area contributed by atoms with E-state index in [1.807, 2.05) is 0 Å². The first-order chi connectivity index (χ1) is 6.20. The van der Waals surface area contributed by atoms with Gasteiger partial charge >= 0.3 is 11.8 Å². The van der Waals surface area contributed by atoms with Crippen LogP contribution in [0.25, 0.3) is 0 Å². The number of hydrogen-bond donors (Lipinski definition) is 1. The molecule has 0 unspecified atom stereocenters. The Bertz CT molecular complexity index is 256. The van der Waals surface area contributed by atoms with Crippen LogP contribution >= 0.6 is 0 Å². The predicted octanol–water partition coefficient (Wildman–Crippen LogP) is 0.845. The van der Waals surface area contributed by atoms with Gasteiger partial charge in [-0.05, 0) is 12.3 Å². The average Bonchev–Trinajstić information content (AvgIpc) is 2.55. The van der Waals surface area contributed by atoms with Gasteiger partial charge in [-0.1, -0.05) is 13.8 Å². The quantitative estimate of drug-likeness (QED) is 0.751. The Morgan fingerprint density at radius 3 is 3.00 bits per heavy atom.